The summed E-state index contributed by atoms with van der Waals surface area (Å²) in [6.45, 7) is 5.37. The van der Waals surface area contributed by atoms with E-state index in [1.54, 1.807) is 38.1 Å². The van der Waals surface area contributed by atoms with Gasteiger partial charge in [0.05, 0.1) is 22.9 Å². The van der Waals surface area contributed by atoms with Gasteiger partial charge in [-0.15, -0.1) is 0 Å². The number of ether oxygens (including phenoxy) is 1. The fourth-order valence-electron chi connectivity index (χ4n) is 3.15. The van der Waals surface area contributed by atoms with Crippen molar-refractivity contribution in [3.63, 3.8) is 0 Å². The van der Waals surface area contributed by atoms with Crippen LogP contribution in [0.25, 0.3) is 0 Å². The minimum atomic E-state index is -4.12. The highest BCUT2D eigenvalue weighted by Crippen LogP contribution is 2.32. The second kappa shape index (κ2) is 11.2. The number of hydrazone groups is 1. The molecule has 0 radical (unpaired) electrons. The molecule has 0 spiro atoms. The van der Waals surface area contributed by atoms with Crippen molar-refractivity contribution in [1.29, 1.82) is 0 Å². The Morgan fingerprint density at radius 1 is 1.03 bits per heavy atom. The lowest BCUT2D eigenvalue weighted by Gasteiger charge is -2.25. The van der Waals surface area contributed by atoms with Gasteiger partial charge in [-0.25, -0.2) is 13.8 Å². The van der Waals surface area contributed by atoms with Crippen LogP contribution < -0.4 is 14.5 Å². The number of amides is 1. The van der Waals surface area contributed by atoms with Crippen LogP contribution in [0, 0.1) is 6.92 Å². The predicted molar refractivity (Wildman–Crippen MR) is 135 cm³/mol. The molecule has 0 aliphatic carbocycles. The molecule has 7 nitrogen and oxygen atoms in total. The van der Waals surface area contributed by atoms with Gasteiger partial charge in [0.1, 0.15) is 12.3 Å². The normalized spacial score (nSPS) is 11.7. The summed E-state index contributed by atoms with van der Waals surface area (Å²) in [5.74, 6) is -0.259. The Labute approximate surface area is 205 Å². The number of carbonyl (C=O) groups excluding carboxylic acids is 1. The third-order valence-corrected chi connectivity index (χ3v) is 6.97. The van der Waals surface area contributed by atoms with Crippen LogP contribution in [0.2, 0.25) is 5.02 Å². The SMILES string of the molecule is CCOc1ccccc1N(CC(=O)N/N=C(/C)c1ccc(C)cc1)S(=O)(=O)c1ccc(Cl)cc1. The number of rotatable bonds is 9. The Hall–Kier alpha value is -3.36. The Morgan fingerprint density at radius 2 is 1.68 bits per heavy atom. The molecule has 0 saturated heterocycles. The number of hydrogen-bond donors (Lipinski definition) is 1. The van der Waals surface area contributed by atoms with E-state index < -0.39 is 22.5 Å². The molecule has 0 unspecified atom stereocenters. The zero-order valence-electron chi connectivity index (χ0n) is 19.2. The molecular weight excluding hydrogens is 474 g/mol. The van der Waals surface area contributed by atoms with Gasteiger partial charge >= 0.3 is 0 Å². The number of anilines is 1. The van der Waals surface area contributed by atoms with Crippen LogP contribution in [-0.2, 0) is 14.8 Å². The predicted octanol–water partition coefficient (Wildman–Crippen LogP) is 4.78. The van der Waals surface area contributed by atoms with Gasteiger partial charge in [-0.3, -0.25) is 9.10 Å². The largest absolute Gasteiger partial charge is 0.492 e. The van der Waals surface area contributed by atoms with Crippen LogP contribution in [0.4, 0.5) is 5.69 Å². The molecule has 0 aliphatic rings. The van der Waals surface area contributed by atoms with Crippen molar-refractivity contribution >= 4 is 38.9 Å². The number of sulfonamides is 1. The minimum Gasteiger partial charge on any atom is -0.492 e. The Morgan fingerprint density at radius 3 is 2.32 bits per heavy atom. The monoisotopic (exact) mass is 499 g/mol. The average Bonchev–Trinajstić information content (AvgIpc) is 2.82. The van der Waals surface area contributed by atoms with Crippen molar-refractivity contribution in [3.05, 3.63) is 88.9 Å². The van der Waals surface area contributed by atoms with Crippen LogP contribution in [0.15, 0.2) is 82.8 Å². The van der Waals surface area contributed by atoms with Gasteiger partial charge in [-0.05, 0) is 62.7 Å². The summed E-state index contributed by atoms with van der Waals surface area (Å²) in [4.78, 5) is 12.8. The zero-order valence-corrected chi connectivity index (χ0v) is 20.7. The molecule has 3 aromatic carbocycles. The number of benzene rings is 3. The van der Waals surface area contributed by atoms with E-state index in [9.17, 15) is 13.2 Å². The lowest BCUT2D eigenvalue weighted by atomic mass is 10.1. The number of nitrogens with zero attached hydrogens (tertiary/aromatic N) is 2. The number of hydrogen-bond acceptors (Lipinski definition) is 5. The van der Waals surface area contributed by atoms with Gasteiger partial charge in [-0.2, -0.15) is 5.10 Å². The first-order valence-corrected chi connectivity index (χ1v) is 12.4. The second-order valence-corrected chi connectivity index (χ2v) is 9.76. The molecule has 34 heavy (non-hydrogen) atoms. The molecule has 1 amide bonds. The molecule has 1 N–H and O–H groups in total. The standard InChI is InChI=1S/C25H26ClN3O4S/c1-4-33-24-8-6-5-7-23(24)29(34(31,32)22-15-13-21(26)14-16-22)17-25(30)28-27-19(3)20-11-9-18(2)10-12-20/h5-16H,4,17H2,1-3H3,(H,28,30)/b27-19-. The van der Waals surface area contributed by atoms with Crippen LogP contribution in [0.3, 0.4) is 0 Å². The molecule has 0 heterocycles. The third kappa shape index (κ3) is 6.15. The molecule has 3 aromatic rings. The van der Waals surface area contributed by atoms with Crippen molar-refractivity contribution < 1.29 is 17.9 Å². The number of para-hydroxylation sites is 2. The van der Waals surface area contributed by atoms with E-state index in [0.717, 1.165) is 15.4 Å². The molecule has 0 fully saturated rings. The van der Waals surface area contributed by atoms with E-state index in [1.165, 1.54) is 24.3 Å². The molecule has 9 heteroatoms. The average molecular weight is 500 g/mol. The van der Waals surface area contributed by atoms with Gasteiger partial charge in [0.15, 0.2) is 0 Å². The highest BCUT2D eigenvalue weighted by Gasteiger charge is 2.29. The van der Waals surface area contributed by atoms with Crippen LogP contribution >= 0.6 is 11.6 Å². The second-order valence-electron chi connectivity index (χ2n) is 7.46. The summed E-state index contributed by atoms with van der Waals surface area (Å²) in [6, 6.07) is 20.1. The van der Waals surface area contributed by atoms with Crippen molar-refractivity contribution in [2.24, 2.45) is 5.10 Å². The first-order valence-electron chi connectivity index (χ1n) is 10.6. The van der Waals surface area contributed by atoms with Gasteiger partial charge in [0.25, 0.3) is 15.9 Å². The molecular formula is C25H26ClN3O4S. The van der Waals surface area contributed by atoms with Crippen molar-refractivity contribution in [2.75, 3.05) is 17.5 Å². The van der Waals surface area contributed by atoms with Gasteiger partial charge in [0, 0.05) is 5.02 Å². The van der Waals surface area contributed by atoms with Gasteiger partial charge in [0.2, 0.25) is 0 Å². The topological polar surface area (TPSA) is 88.1 Å². The number of nitrogens with one attached hydrogen (secondary N) is 1. The third-order valence-electron chi connectivity index (χ3n) is 4.94. The number of halogens is 1. The quantitative estimate of drug-likeness (QED) is 0.339. The molecule has 0 bridgehead atoms. The highest BCUT2D eigenvalue weighted by molar-refractivity contribution is 7.92. The van der Waals surface area contributed by atoms with Crippen molar-refractivity contribution in [1.82, 2.24) is 5.43 Å². The summed E-state index contributed by atoms with van der Waals surface area (Å²) in [6.07, 6.45) is 0. The maximum atomic E-state index is 13.5. The Bertz CT molecular complexity index is 1270. The summed E-state index contributed by atoms with van der Waals surface area (Å²) in [5.41, 5.74) is 5.25. The Balaban J connectivity index is 1.92. The first kappa shape index (κ1) is 25.3. The highest BCUT2D eigenvalue weighted by atomic mass is 35.5. The fraction of sp³-hybridized carbons (Fsp3) is 0.200. The first-order chi connectivity index (χ1) is 16.2. The molecule has 3 rings (SSSR count). The van der Waals surface area contributed by atoms with E-state index >= 15 is 0 Å². The lowest BCUT2D eigenvalue weighted by Crippen LogP contribution is -2.40. The van der Waals surface area contributed by atoms with E-state index in [4.69, 9.17) is 16.3 Å². The van der Waals surface area contributed by atoms with Crippen LogP contribution in [-0.4, -0.2) is 33.2 Å². The van der Waals surface area contributed by atoms with Crippen molar-refractivity contribution in [2.45, 2.75) is 25.7 Å². The number of carbonyl (C=O) groups is 1. The summed E-state index contributed by atoms with van der Waals surface area (Å²) in [5, 5.41) is 4.54. The molecule has 0 saturated carbocycles. The summed E-state index contributed by atoms with van der Waals surface area (Å²) < 4.78 is 33.7. The van der Waals surface area contributed by atoms with Crippen LogP contribution in [0.5, 0.6) is 5.75 Å². The van der Waals surface area contributed by atoms with Crippen molar-refractivity contribution in [3.8, 4) is 5.75 Å². The Kier molecular flexibility index (Phi) is 8.31. The molecule has 0 aliphatic heterocycles. The maximum Gasteiger partial charge on any atom is 0.264 e. The molecule has 0 aromatic heterocycles. The van der Waals surface area contributed by atoms with E-state index in [1.807, 2.05) is 31.2 Å². The van der Waals surface area contributed by atoms with E-state index in [2.05, 4.69) is 10.5 Å². The van der Waals surface area contributed by atoms with Gasteiger partial charge < -0.3 is 4.74 Å². The smallest absolute Gasteiger partial charge is 0.264 e. The molecule has 178 valence electrons. The molecule has 0 atom stereocenters. The van der Waals surface area contributed by atoms with Gasteiger partial charge in [-0.1, -0.05) is 53.6 Å². The summed E-state index contributed by atoms with van der Waals surface area (Å²) in [7, 11) is -4.12. The minimum absolute atomic E-state index is 0.00432. The maximum absolute atomic E-state index is 13.5. The summed E-state index contributed by atoms with van der Waals surface area (Å²) >= 11 is 5.93. The van der Waals surface area contributed by atoms with E-state index in [0.29, 0.717) is 23.1 Å². The van der Waals surface area contributed by atoms with Crippen LogP contribution in [0.1, 0.15) is 25.0 Å². The zero-order chi connectivity index (χ0) is 24.7. The lowest BCUT2D eigenvalue weighted by molar-refractivity contribution is -0.119. The fourth-order valence-corrected chi connectivity index (χ4v) is 4.70. The van der Waals surface area contributed by atoms with E-state index in [-0.39, 0.29) is 10.6 Å². The number of aryl methyl sites for hydroxylation is 1.